The van der Waals surface area contributed by atoms with Gasteiger partial charge < -0.3 is 4.90 Å². The number of H-pyrrole nitrogens is 1. The third-order valence-corrected chi connectivity index (χ3v) is 6.72. The Labute approximate surface area is 200 Å². The minimum Gasteiger partial charge on any atom is -0.338 e. The fraction of sp³-hybridized carbons (Fsp3) is 0.321. The van der Waals surface area contributed by atoms with Gasteiger partial charge in [0.25, 0.3) is 5.91 Å². The first kappa shape index (κ1) is 22.1. The molecule has 6 nitrogen and oxygen atoms in total. The molecule has 0 saturated carbocycles. The molecule has 1 amide bonds. The number of piperidine rings is 1. The van der Waals surface area contributed by atoms with Gasteiger partial charge in [-0.3, -0.25) is 14.6 Å². The van der Waals surface area contributed by atoms with Gasteiger partial charge in [0.2, 0.25) is 0 Å². The molecule has 2 aromatic carbocycles. The third-order valence-electron chi connectivity index (χ3n) is 6.72. The SMILES string of the molecule is Cc1cc(C)n(Cc2cccc(C(=O)N3CCCC(c4[nH]ncc4Cc4ccccc4)C3)c2)n1. The zero-order chi connectivity index (χ0) is 23.5. The first-order valence-electron chi connectivity index (χ1n) is 12.0. The molecular weight excluding hydrogens is 422 g/mol. The standard InChI is InChI=1S/C28H31N5O/c1-20-14-21(2)33(31-20)18-23-10-6-11-24(16-23)28(34)32-13-7-12-25(19-32)27-26(17-29-30-27)15-22-8-4-3-5-9-22/h3-6,8-11,14,16-17,25H,7,12-13,15,18-19H2,1-2H3,(H,29,30). The predicted molar refractivity (Wildman–Crippen MR) is 133 cm³/mol. The van der Waals surface area contributed by atoms with Crippen molar-refractivity contribution < 1.29 is 4.79 Å². The number of carbonyl (C=O) groups excluding carboxylic acids is 1. The van der Waals surface area contributed by atoms with Crippen LogP contribution in [0, 0.1) is 13.8 Å². The number of aryl methyl sites for hydroxylation is 2. The van der Waals surface area contributed by atoms with Crippen molar-refractivity contribution in [3.05, 3.63) is 106 Å². The smallest absolute Gasteiger partial charge is 0.253 e. The summed E-state index contributed by atoms with van der Waals surface area (Å²) in [6, 6.07) is 20.5. The van der Waals surface area contributed by atoms with Crippen molar-refractivity contribution in [1.82, 2.24) is 24.9 Å². The maximum atomic E-state index is 13.4. The van der Waals surface area contributed by atoms with Gasteiger partial charge in [-0.15, -0.1) is 0 Å². The molecule has 2 aromatic heterocycles. The zero-order valence-electron chi connectivity index (χ0n) is 19.9. The fourth-order valence-electron chi connectivity index (χ4n) is 5.02. The van der Waals surface area contributed by atoms with Gasteiger partial charge in [-0.25, -0.2) is 0 Å². The molecule has 5 rings (SSSR count). The number of aromatic amines is 1. The first-order valence-corrected chi connectivity index (χ1v) is 12.0. The molecule has 1 N–H and O–H groups in total. The number of nitrogens with zero attached hydrogens (tertiary/aromatic N) is 4. The molecule has 6 heteroatoms. The van der Waals surface area contributed by atoms with E-state index in [1.807, 2.05) is 47.0 Å². The minimum atomic E-state index is 0.101. The average molecular weight is 454 g/mol. The van der Waals surface area contributed by atoms with Crippen LogP contribution in [0.5, 0.6) is 0 Å². The van der Waals surface area contributed by atoms with Gasteiger partial charge in [-0.2, -0.15) is 10.2 Å². The summed E-state index contributed by atoms with van der Waals surface area (Å²) in [5.41, 5.74) is 7.62. The molecule has 4 aromatic rings. The summed E-state index contributed by atoms with van der Waals surface area (Å²) in [7, 11) is 0. The number of likely N-dealkylation sites (tertiary alicyclic amines) is 1. The molecule has 0 aliphatic carbocycles. The van der Waals surface area contributed by atoms with E-state index in [9.17, 15) is 4.79 Å². The molecule has 34 heavy (non-hydrogen) atoms. The lowest BCUT2D eigenvalue weighted by Crippen LogP contribution is -2.39. The van der Waals surface area contributed by atoms with Crippen LogP contribution in [0.1, 0.15) is 62.9 Å². The van der Waals surface area contributed by atoms with Crippen LogP contribution in [0.4, 0.5) is 0 Å². The predicted octanol–water partition coefficient (Wildman–Crippen LogP) is 4.88. The first-order chi connectivity index (χ1) is 16.6. The molecule has 1 aliphatic rings. The summed E-state index contributed by atoms with van der Waals surface area (Å²) < 4.78 is 1.99. The van der Waals surface area contributed by atoms with Crippen molar-refractivity contribution in [1.29, 1.82) is 0 Å². The quantitative estimate of drug-likeness (QED) is 0.452. The van der Waals surface area contributed by atoms with Crippen LogP contribution in [0.15, 0.2) is 66.9 Å². The van der Waals surface area contributed by atoms with Crippen molar-refractivity contribution in [2.45, 2.75) is 45.6 Å². The largest absolute Gasteiger partial charge is 0.338 e. The third kappa shape index (κ3) is 4.81. The Kier molecular flexibility index (Phi) is 6.30. The van der Waals surface area contributed by atoms with E-state index in [1.54, 1.807) is 0 Å². The van der Waals surface area contributed by atoms with Crippen molar-refractivity contribution >= 4 is 5.91 Å². The maximum Gasteiger partial charge on any atom is 0.253 e. The van der Waals surface area contributed by atoms with E-state index < -0.39 is 0 Å². The molecule has 174 valence electrons. The highest BCUT2D eigenvalue weighted by Gasteiger charge is 2.28. The highest BCUT2D eigenvalue weighted by molar-refractivity contribution is 5.94. The highest BCUT2D eigenvalue weighted by Crippen LogP contribution is 2.30. The number of hydrogen-bond acceptors (Lipinski definition) is 3. The Balaban J connectivity index is 1.30. The van der Waals surface area contributed by atoms with E-state index in [0.717, 1.165) is 48.3 Å². The zero-order valence-corrected chi connectivity index (χ0v) is 19.9. The molecule has 1 unspecified atom stereocenters. The number of carbonyl (C=O) groups is 1. The van der Waals surface area contributed by atoms with Crippen molar-refractivity contribution in [2.24, 2.45) is 0 Å². The van der Waals surface area contributed by atoms with Crippen LogP contribution < -0.4 is 0 Å². The number of rotatable bonds is 6. The van der Waals surface area contributed by atoms with E-state index in [2.05, 4.69) is 58.6 Å². The molecule has 0 spiro atoms. The summed E-state index contributed by atoms with van der Waals surface area (Å²) in [6.07, 6.45) is 4.84. The van der Waals surface area contributed by atoms with E-state index >= 15 is 0 Å². The van der Waals surface area contributed by atoms with E-state index in [4.69, 9.17) is 0 Å². The van der Waals surface area contributed by atoms with Crippen LogP contribution in [-0.4, -0.2) is 43.9 Å². The van der Waals surface area contributed by atoms with Crippen LogP contribution >= 0.6 is 0 Å². The minimum absolute atomic E-state index is 0.101. The number of hydrogen-bond donors (Lipinski definition) is 1. The van der Waals surface area contributed by atoms with Gasteiger partial charge in [0.15, 0.2) is 0 Å². The summed E-state index contributed by atoms with van der Waals surface area (Å²) >= 11 is 0. The summed E-state index contributed by atoms with van der Waals surface area (Å²) in [5, 5.41) is 12.1. The molecule has 1 fully saturated rings. The topological polar surface area (TPSA) is 66.8 Å². The number of nitrogens with one attached hydrogen (secondary N) is 1. The van der Waals surface area contributed by atoms with Crippen LogP contribution in [-0.2, 0) is 13.0 Å². The Morgan fingerprint density at radius 3 is 2.68 bits per heavy atom. The summed E-state index contributed by atoms with van der Waals surface area (Å²) in [5.74, 6) is 0.376. The lowest BCUT2D eigenvalue weighted by Gasteiger charge is -2.33. The summed E-state index contributed by atoms with van der Waals surface area (Å²) in [4.78, 5) is 15.4. The van der Waals surface area contributed by atoms with Gasteiger partial charge in [-0.1, -0.05) is 42.5 Å². The monoisotopic (exact) mass is 453 g/mol. The molecule has 1 atom stereocenters. The van der Waals surface area contributed by atoms with Gasteiger partial charge in [-0.05, 0) is 61.6 Å². The molecule has 0 bridgehead atoms. The Bertz CT molecular complexity index is 1270. The lowest BCUT2D eigenvalue weighted by atomic mass is 9.90. The van der Waals surface area contributed by atoms with Crippen molar-refractivity contribution in [3.63, 3.8) is 0 Å². The second kappa shape index (κ2) is 9.67. The Hall–Kier alpha value is -3.67. The number of aromatic nitrogens is 4. The number of benzene rings is 2. The maximum absolute atomic E-state index is 13.4. The molecular formula is C28H31N5O. The highest BCUT2D eigenvalue weighted by atomic mass is 16.2. The Morgan fingerprint density at radius 1 is 1.06 bits per heavy atom. The molecule has 1 saturated heterocycles. The van der Waals surface area contributed by atoms with E-state index in [-0.39, 0.29) is 11.8 Å². The average Bonchev–Trinajstić information content (AvgIpc) is 3.44. The Morgan fingerprint density at radius 2 is 1.88 bits per heavy atom. The molecule has 3 heterocycles. The van der Waals surface area contributed by atoms with Crippen LogP contribution in [0.25, 0.3) is 0 Å². The lowest BCUT2D eigenvalue weighted by molar-refractivity contribution is 0.0705. The van der Waals surface area contributed by atoms with Gasteiger partial charge in [0.05, 0.1) is 18.4 Å². The van der Waals surface area contributed by atoms with Gasteiger partial charge in [0, 0.05) is 42.4 Å². The van der Waals surface area contributed by atoms with E-state index in [0.29, 0.717) is 13.1 Å². The molecule has 0 radical (unpaired) electrons. The van der Waals surface area contributed by atoms with E-state index in [1.165, 1.54) is 16.8 Å². The van der Waals surface area contributed by atoms with Crippen LogP contribution in [0.2, 0.25) is 0 Å². The fourth-order valence-corrected chi connectivity index (χ4v) is 5.02. The number of amides is 1. The van der Waals surface area contributed by atoms with Crippen LogP contribution in [0.3, 0.4) is 0 Å². The molecule has 1 aliphatic heterocycles. The second-order valence-corrected chi connectivity index (χ2v) is 9.35. The normalized spacial score (nSPS) is 16.1. The van der Waals surface area contributed by atoms with Gasteiger partial charge in [0.1, 0.15) is 0 Å². The van der Waals surface area contributed by atoms with Gasteiger partial charge >= 0.3 is 0 Å². The van der Waals surface area contributed by atoms with Crippen molar-refractivity contribution in [2.75, 3.05) is 13.1 Å². The van der Waals surface area contributed by atoms with Crippen molar-refractivity contribution in [3.8, 4) is 0 Å². The second-order valence-electron chi connectivity index (χ2n) is 9.35. The summed E-state index contributed by atoms with van der Waals surface area (Å²) in [6.45, 7) is 6.23.